The third-order valence-electron chi connectivity index (χ3n) is 23.5. The highest BCUT2D eigenvalue weighted by Gasteiger charge is 2.76. The predicted octanol–water partition coefficient (Wildman–Crippen LogP) is 8.22. The molecule has 16 saturated heterocycles. The second-order valence-electron chi connectivity index (χ2n) is 30.0. The van der Waals surface area contributed by atoms with Gasteiger partial charge in [0.1, 0.15) is 60.5 Å². The zero-order valence-electron chi connectivity index (χ0n) is 51.1. The molecule has 0 N–H and O–H groups in total. The van der Waals surface area contributed by atoms with Gasteiger partial charge >= 0.3 is 5.97 Å². The first-order chi connectivity index (χ1) is 39.6. The van der Waals surface area contributed by atoms with Crippen LogP contribution in [0.5, 0.6) is 0 Å². The molecular weight excluding hydrogens is 1070 g/mol. The lowest BCUT2D eigenvalue weighted by atomic mass is 9.79. The average Bonchev–Trinajstić information content (AvgIpc) is 2.18. The summed E-state index contributed by atoms with van der Waals surface area (Å²) in [5.41, 5.74) is 1.55. The van der Waals surface area contributed by atoms with Crippen LogP contribution < -0.4 is 0 Å². The summed E-state index contributed by atoms with van der Waals surface area (Å²) in [6.45, 7) is 28.1. The second-order valence-corrected chi connectivity index (χ2v) is 30.0. The first kappa shape index (κ1) is 57.7. The van der Waals surface area contributed by atoms with Crippen LogP contribution in [0.2, 0.25) is 0 Å². The first-order valence-corrected chi connectivity index (χ1v) is 32.8. The van der Waals surface area contributed by atoms with Gasteiger partial charge < -0.3 is 80.7 Å². The molecule has 12 bridgehead atoms. The number of nitrogens with zero attached hydrogens (tertiary/aromatic N) is 1. The molecule has 16 aliphatic rings. The van der Waals surface area contributed by atoms with Gasteiger partial charge in [-0.25, -0.2) is 0 Å². The van der Waals surface area contributed by atoms with E-state index in [9.17, 15) is 4.79 Å². The Bertz CT molecular complexity index is 2490. The second kappa shape index (κ2) is 21.2. The molecule has 0 saturated carbocycles. The molecule has 16 aliphatic heterocycles. The van der Waals surface area contributed by atoms with E-state index in [4.69, 9.17) is 75.8 Å². The molecular formula is C65H97NO17. The van der Waals surface area contributed by atoms with E-state index in [1.165, 1.54) is 0 Å². The van der Waals surface area contributed by atoms with E-state index < -0.39 is 78.3 Å². The molecule has 33 atom stereocenters. The molecule has 16 rings (SSSR count). The number of hydrogen-bond acceptors (Lipinski definition) is 18. The van der Waals surface area contributed by atoms with Crippen molar-refractivity contribution < 1.29 is 80.6 Å². The summed E-state index contributed by atoms with van der Waals surface area (Å²) in [5, 5.41) is 0. The van der Waals surface area contributed by atoms with Crippen molar-refractivity contribution in [2.24, 2.45) is 41.4 Å². The lowest BCUT2D eigenvalue weighted by molar-refractivity contribution is -0.392. The Balaban J connectivity index is 0.651. The maximum Gasteiger partial charge on any atom is 0.308 e. The van der Waals surface area contributed by atoms with Crippen molar-refractivity contribution in [1.82, 2.24) is 4.90 Å². The summed E-state index contributed by atoms with van der Waals surface area (Å²) in [5.74, 6) is -1.70. The van der Waals surface area contributed by atoms with Crippen molar-refractivity contribution in [1.29, 1.82) is 0 Å². The topological polar surface area (TPSA) is 168 Å². The highest BCUT2D eigenvalue weighted by atomic mass is 16.9. The van der Waals surface area contributed by atoms with Crippen molar-refractivity contribution in [2.45, 2.75) is 316 Å². The molecule has 464 valence electrons. The first-order valence-electron chi connectivity index (χ1n) is 32.8. The fourth-order valence-electron chi connectivity index (χ4n) is 19.4. The van der Waals surface area contributed by atoms with Crippen molar-refractivity contribution in [3.63, 3.8) is 0 Å². The molecule has 16 fully saturated rings. The van der Waals surface area contributed by atoms with Gasteiger partial charge in [0.2, 0.25) is 0 Å². The van der Waals surface area contributed by atoms with E-state index in [0.717, 1.165) is 75.5 Å². The van der Waals surface area contributed by atoms with Gasteiger partial charge in [0.15, 0.2) is 29.9 Å². The van der Waals surface area contributed by atoms with Crippen LogP contribution >= 0.6 is 0 Å². The highest BCUT2D eigenvalue weighted by molar-refractivity contribution is 5.70. The third kappa shape index (κ3) is 9.88. The van der Waals surface area contributed by atoms with Gasteiger partial charge in [-0.2, -0.15) is 0 Å². The minimum absolute atomic E-state index is 0.00639. The zero-order chi connectivity index (χ0) is 57.4. The SMILES string of the molecule is C=C1CC2CCC34OC5C6OC(CCC6OC6C5OC(C)(C6O3)C4C)CC(=O)OC3C(CC4OC(CCC1O2)CC(C)C4=C)OC1OC2OC4(CC2OC1C3C)CC1OC2(CC(C)C3OC(C(C)CC(C)CN(C)C)CC3O2)CC(C)C1O4. The van der Waals surface area contributed by atoms with E-state index >= 15 is 0 Å². The fourth-order valence-corrected chi connectivity index (χ4v) is 19.4. The lowest BCUT2D eigenvalue weighted by Crippen LogP contribution is -2.62. The van der Waals surface area contributed by atoms with Gasteiger partial charge in [-0.1, -0.05) is 61.6 Å². The van der Waals surface area contributed by atoms with Gasteiger partial charge in [-0.3, -0.25) is 4.79 Å². The summed E-state index contributed by atoms with van der Waals surface area (Å²) in [4.78, 5) is 16.9. The van der Waals surface area contributed by atoms with E-state index in [1.54, 1.807) is 0 Å². The Hall–Kier alpha value is -1.69. The highest BCUT2D eigenvalue weighted by Crippen LogP contribution is 2.62. The number of esters is 1. The molecule has 0 aromatic heterocycles. The Morgan fingerprint density at radius 3 is 2.11 bits per heavy atom. The molecule has 18 heteroatoms. The van der Waals surface area contributed by atoms with Gasteiger partial charge in [0.25, 0.3) is 0 Å². The molecule has 0 radical (unpaired) electrons. The van der Waals surface area contributed by atoms with E-state index in [0.29, 0.717) is 50.4 Å². The van der Waals surface area contributed by atoms with Crippen LogP contribution in [0.15, 0.2) is 24.3 Å². The zero-order valence-corrected chi connectivity index (χ0v) is 51.1. The van der Waals surface area contributed by atoms with E-state index in [1.807, 2.05) is 0 Å². The summed E-state index contributed by atoms with van der Waals surface area (Å²) in [6.07, 6.45) is 3.99. The van der Waals surface area contributed by atoms with Crippen molar-refractivity contribution >= 4 is 5.97 Å². The van der Waals surface area contributed by atoms with Crippen LogP contribution in [0, 0.1) is 41.4 Å². The molecule has 0 aromatic rings. The number of hydrogen-bond donors (Lipinski definition) is 0. The number of ether oxygens (including phenoxy) is 16. The largest absolute Gasteiger partial charge is 0.459 e. The molecule has 0 amide bonds. The lowest BCUT2D eigenvalue weighted by Gasteiger charge is -2.51. The van der Waals surface area contributed by atoms with Crippen molar-refractivity contribution in [3.8, 4) is 0 Å². The molecule has 3 spiro atoms. The number of fused-ring (bicyclic) bond motifs is 10. The molecule has 33 unspecified atom stereocenters. The number of carbonyl (C=O) groups is 1. The van der Waals surface area contributed by atoms with Gasteiger partial charge in [-0.05, 0) is 113 Å². The number of carbonyl (C=O) groups excluding carboxylic acids is 1. The summed E-state index contributed by atoms with van der Waals surface area (Å²) in [7, 11) is 4.29. The van der Waals surface area contributed by atoms with Crippen LogP contribution in [0.4, 0.5) is 0 Å². The van der Waals surface area contributed by atoms with Crippen LogP contribution in [-0.4, -0.2) is 189 Å². The Morgan fingerprint density at radius 1 is 0.566 bits per heavy atom. The number of rotatable bonds is 5. The quantitative estimate of drug-likeness (QED) is 0.191. The maximum absolute atomic E-state index is 14.7. The normalized spacial score (nSPS) is 56.9. The Labute approximate surface area is 491 Å². The fraction of sp³-hybridized carbons (Fsp3) is 0.923. The van der Waals surface area contributed by atoms with Crippen molar-refractivity contribution in [2.75, 3.05) is 20.6 Å². The van der Waals surface area contributed by atoms with Crippen LogP contribution in [0.25, 0.3) is 0 Å². The Morgan fingerprint density at radius 2 is 1.29 bits per heavy atom. The monoisotopic (exact) mass is 1160 g/mol. The van der Waals surface area contributed by atoms with Crippen molar-refractivity contribution in [3.05, 3.63) is 24.3 Å². The predicted molar refractivity (Wildman–Crippen MR) is 297 cm³/mol. The van der Waals surface area contributed by atoms with Crippen LogP contribution in [0.1, 0.15) is 158 Å². The summed E-state index contributed by atoms with van der Waals surface area (Å²) in [6, 6.07) is 0. The maximum atomic E-state index is 14.7. The summed E-state index contributed by atoms with van der Waals surface area (Å²) >= 11 is 0. The summed E-state index contributed by atoms with van der Waals surface area (Å²) < 4.78 is 112. The molecule has 18 nitrogen and oxygen atoms in total. The average molecular weight is 1160 g/mol. The minimum atomic E-state index is -0.982. The van der Waals surface area contributed by atoms with Crippen LogP contribution in [0.3, 0.4) is 0 Å². The standard InChI is InChI=1S/C65H97NO17/c1-30(29-66(11)12)19-32(3)44-23-47-51(72-44)34(5)25-63(77-47)26-35(6)52-48(78-63)27-64(80-52)28-49-60(83-64)76-61-54(73-49)37(8)53-46(74-61)24-45-36(7)31(2)20-39(69-45)13-15-42-33(4)21-41(68-42)17-18-65-38(9)62(10)59(82-65)58-57(79-62)56(81-65)55-43(71-58)16-14-40(70-55)22-50(67)75-53/h30-32,34-35,37-49,51-61H,4,7,13-29H2,1-3,5-6,8-12H3. The van der Waals surface area contributed by atoms with Gasteiger partial charge in [0.05, 0.1) is 73.6 Å². The van der Waals surface area contributed by atoms with Gasteiger partial charge in [-0.15, -0.1) is 0 Å². The van der Waals surface area contributed by atoms with Crippen LogP contribution in [-0.2, 0) is 80.6 Å². The van der Waals surface area contributed by atoms with E-state index in [2.05, 4.69) is 87.5 Å². The minimum Gasteiger partial charge on any atom is -0.459 e. The van der Waals surface area contributed by atoms with Gasteiger partial charge in [0, 0.05) is 63.3 Å². The Kier molecular flexibility index (Phi) is 14.8. The molecule has 0 aliphatic carbocycles. The molecule has 0 aromatic carbocycles. The third-order valence-corrected chi connectivity index (χ3v) is 23.5. The molecule has 83 heavy (non-hydrogen) atoms. The molecule has 16 heterocycles. The smallest absolute Gasteiger partial charge is 0.308 e. The van der Waals surface area contributed by atoms with E-state index in [-0.39, 0.29) is 121 Å².